The highest BCUT2D eigenvalue weighted by atomic mass is 32.1. The van der Waals surface area contributed by atoms with Gasteiger partial charge in [-0.15, -0.1) is 0 Å². The number of carboxylic acid groups (broad SMARTS) is 1. The zero-order chi connectivity index (χ0) is 26.8. The molecule has 36 heavy (non-hydrogen) atoms. The predicted octanol–water partition coefficient (Wildman–Crippen LogP) is -0.301. The lowest BCUT2D eigenvalue weighted by Crippen LogP contribution is -2.57. The van der Waals surface area contributed by atoms with Crippen molar-refractivity contribution in [1.29, 1.82) is 0 Å². The van der Waals surface area contributed by atoms with E-state index in [0.717, 1.165) is 0 Å². The van der Waals surface area contributed by atoms with Crippen LogP contribution in [0.1, 0.15) is 18.1 Å². The first-order chi connectivity index (χ1) is 17.0. The van der Waals surface area contributed by atoms with Gasteiger partial charge >= 0.3 is 5.97 Å². The highest BCUT2D eigenvalue weighted by Gasteiger charge is 2.29. The van der Waals surface area contributed by atoms with E-state index < -0.39 is 47.9 Å². The molecule has 0 heterocycles. The number of benzene rings is 2. The van der Waals surface area contributed by atoms with Crippen molar-refractivity contribution in [3.63, 3.8) is 0 Å². The number of carbonyl (C=O) groups excluding carboxylic acids is 3. The molecule has 0 saturated heterocycles. The summed E-state index contributed by atoms with van der Waals surface area (Å²) in [4.78, 5) is 49.7. The van der Waals surface area contributed by atoms with E-state index in [1.165, 1.54) is 43.3 Å². The molecule has 0 spiro atoms. The summed E-state index contributed by atoms with van der Waals surface area (Å²) in [6.07, 6.45) is -0.0739. The number of amides is 3. The molecule has 0 saturated carbocycles. The molecule has 2 aromatic carbocycles. The Morgan fingerprint density at radius 1 is 0.778 bits per heavy atom. The average molecular weight is 519 g/mol. The highest BCUT2D eigenvalue weighted by Crippen LogP contribution is 2.13. The maximum absolute atomic E-state index is 13.1. The number of carbonyl (C=O) groups is 4. The summed E-state index contributed by atoms with van der Waals surface area (Å²) in [6.45, 7) is 1.42. The fourth-order valence-electron chi connectivity index (χ4n) is 3.18. The van der Waals surface area contributed by atoms with Gasteiger partial charge in [-0.2, -0.15) is 12.6 Å². The first kappa shape index (κ1) is 28.5. The van der Waals surface area contributed by atoms with Crippen molar-refractivity contribution < 1.29 is 34.5 Å². The van der Waals surface area contributed by atoms with E-state index in [1.54, 1.807) is 12.1 Å². The van der Waals surface area contributed by atoms with Gasteiger partial charge in [0.25, 0.3) is 0 Å². The van der Waals surface area contributed by atoms with Crippen LogP contribution in [0.4, 0.5) is 0 Å². The molecule has 0 aliphatic heterocycles. The van der Waals surface area contributed by atoms with Crippen molar-refractivity contribution in [1.82, 2.24) is 16.0 Å². The number of aliphatic carboxylic acids is 1. The largest absolute Gasteiger partial charge is 0.508 e. The van der Waals surface area contributed by atoms with E-state index >= 15 is 0 Å². The van der Waals surface area contributed by atoms with E-state index in [2.05, 4.69) is 28.6 Å². The Kier molecular flexibility index (Phi) is 10.6. The molecule has 2 rings (SSSR count). The maximum Gasteiger partial charge on any atom is 0.326 e. The minimum Gasteiger partial charge on any atom is -0.508 e. The predicted molar refractivity (Wildman–Crippen MR) is 135 cm³/mol. The molecule has 12 heteroatoms. The van der Waals surface area contributed by atoms with E-state index in [4.69, 9.17) is 5.73 Å². The van der Waals surface area contributed by atoms with Crippen molar-refractivity contribution in [3.8, 4) is 11.5 Å². The molecule has 0 bridgehead atoms. The van der Waals surface area contributed by atoms with Crippen molar-refractivity contribution in [2.45, 2.75) is 43.9 Å². The van der Waals surface area contributed by atoms with E-state index in [0.29, 0.717) is 11.1 Å². The van der Waals surface area contributed by atoms with Crippen LogP contribution in [0, 0.1) is 0 Å². The van der Waals surface area contributed by atoms with Gasteiger partial charge in [-0.05, 0) is 42.3 Å². The molecule has 2 aromatic rings. The lowest BCUT2D eigenvalue weighted by atomic mass is 10.0. The van der Waals surface area contributed by atoms with Crippen molar-refractivity contribution >= 4 is 36.3 Å². The molecule has 0 aliphatic rings. The summed E-state index contributed by atoms with van der Waals surface area (Å²) < 4.78 is 0. The Bertz CT molecular complexity index is 1060. The van der Waals surface area contributed by atoms with Gasteiger partial charge in [-0.25, -0.2) is 4.79 Å². The van der Waals surface area contributed by atoms with Crippen LogP contribution in [0.3, 0.4) is 0 Å². The highest BCUT2D eigenvalue weighted by molar-refractivity contribution is 7.80. The number of rotatable bonds is 12. The zero-order valence-corrected chi connectivity index (χ0v) is 20.4. The first-order valence-electron chi connectivity index (χ1n) is 11.1. The number of phenolic OH excluding ortho intramolecular Hbond substituents is 2. The third-order valence-corrected chi connectivity index (χ3v) is 5.68. The summed E-state index contributed by atoms with van der Waals surface area (Å²) in [6, 6.07) is 7.36. The van der Waals surface area contributed by atoms with Crippen molar-refractivity contribution in [2.24, 2.45) is 5.73 Å². The summed E-state index contributed by atoms with van der Waals surface area (Å²) in [7, 11) is 0. The van der Waals surface area contributed by atoms with Gasteiger partial charge in [-0.1, -0.05) is 24.3 Å². The first-order valence-corrected chi connectivity index (χ1v) is 11.7. The fraction of sp³-hybridized carbons (Fsp3) is 0.333. The quantitative estimate of drug-likeness (QED) is 0.176. The Morgan fingerprint density at radius 3 is 1.67 bits per heavy atom. The lowest BCUT2D eigenvalue weighted by molar-refractivity contribution is -0.142. The Labute approximate surface area is 213 Å². The summed E-state index contributed by atoms with van der Waals surface area (Å²) >= 11 is 3.95. The third kappa shape index (κ3) is 8.78. The minimum atomic E-state index is -1.31. The summed E-state index contributed by atoms with van der Waals surface area (Å²) in [5.74, 6) is -3.21. The van der Waals surface area contributed by atoms with Gasteiger partial charge in [0, 0.05) is 18.6 Å². The fourth-order valence-corrected chi connectivity index (χ4v) is 3.35. The Hall–Kier alpha value is -3.77. The van der Waals surface area contributed by atoms with Crippen LogP contribution in [0.25, 0.3) is 0 Å². The molecule has 0 fully saturated rings. The SMILES string of the molecule is CC(NC(=O)C(N)CS)C(=O)NC(Cc1ccc(O)cc1)C(=O)NC(Cc1ccc(O)cc1)C(=O)O. The van der Waals surface area contributed by atoms with Crippen LogP contribution in [-0.4, -0.2) is 68.9 Å². The van der Waals surface area contributed by atoms with Crippen LogP contribution in [0.5, 0.6) is 11.5 Å². The third-order valence-electron chi connectivity index (χ3n) is 5.29. The zero-order valence-electron chi connectivity index (χ0n) is 19.5. The molecule has 8 N–H and O–H groups in total. The van der Waals surface area contributed by atoms with Gasteiger partial charge < -0.3 is 37.0 Å². The number of carboxylic acids is 1. The molecule has 194 valence electrons. The van der Waals surface area contributed by atoms with Gasteiger partial charge in [0.05, 0.1) is 6.04 Å². The molecule has 4 unspecified atom stereocenters. The minimum absolute atomic E-state index is 0.0137. The Morgan fingerprint density at radius 2 is 1.22 bits per heavy atom. The van der Waals surface area contributed by atoms with Gasteiger partial charge in [0.2, 0.25) is 17.7 Å². The number of nitrogens with one attached hydrogen (secondary N) is 3. The smallest absolute Gasteiger partial charge is 0.326 e. The second-order valence-corrected chi connectivity index (χ2v) is 8.59. The average Bonchev–Trinajstić information content (AvgIpc) is 2.84. The maximum atomic E-state index is 13.1. The number of phenols is 2. The van der Waals surface area contributed by atoms with Crippen LogP contribution in [0.15, 0.2) is 48.5 Å². The topological polar surface area (TPSA) is 191 Å². The van der Waals surface area contributed by atoms with Gasteiger partial charge in [-0.3, -0.25) is 14.4 Å². The molecule has 11 nitrogen and oxygen atoms in total. The summed E-state index contributed by atoms with van der Waals surface area (Å²) in [5.41, 5.74) is 6.77. The van der Waals surface area contributed by atoms with E-state index in [-0.39, 0.29) is 30.1 Å². The number of thiol groups is 1. The summed E-state index contributed by atoms with van der Waals surface area (Å²) in [5, 5.41) is 36.0. The van der Waals surface area contributed by atoms with Crippen LogP contribution >= 0.6 is 12.6 Å². The molecule has 0 aromatic heterocycles. The second kappa shape index (κ2) is 13.4. The number of aromatic hydroxyl groups is 2. The van der Waals surface area contributed by atoms with Crippen LogP contribution in [-0.2, 0) is 32.0 Å². The standard InChI is InChI=1S/C24H30N4O7S/c1-13(26-22(32)18(25)12-36)21(31)27-19(10-14-2-6-16(29)7-3-14)23(33)28-20(24(34)35)11-15-4-8-17(30)9-5-15/h2-9,13,18-20,29-30,36H,10-12,25H2,1H3,(H,26,32)(H,27,31)(H,28,33)(H,34,35). The molecule has 0 radical (unpaired) electrons. The van der Waals surface area contributed by atoms with E-state index in [1.807, 2.05) is 0 Å². The second-order valence-electron chi connectivity index (χ2n) is 8.22. The monoisotopic (exact) mass is 518 g/mol. The molecular formula is C24H30N4O7S. The van der Waals surface area contributed by atoms with Crippen molar-refractivity contribution in [2.75, 3.05) is 5.75 Å². The lowest BCUT2D eigenvalue weighted by Gasteiger charge is -2.24. The van der Waals surface area contributed by atoms with Crippen molar-refractivity contribution in [3.05, 3.63) is 59.7 Å². The molecule has 3 amide bonds. The Balaban J connectivity index is 2.18. The number of nitrogens with two attached hydrogens (primary N) is 1. The molecular weight excluding hydrogens is 488 g/mol. The number of hydrogen-bond acceptors (Lipinski definition) is 8. The normalized spacial score (nSPS) is 14.1. The van der Waals surface area contributed by atoms with Gasteiger partial charge in [0.1, 0.15) is 29.6 Å². The van der Waals surface area contributed by atoms with E-state index in [9.17, 15) is 34.5 Å². The molecule has 4 atom stereocenters. The van der Waals surface area contributed by atoms with Crippen LogP contribution < -0.4 is 21.7 Å². The van der Waals surface area contributed by atoms with Gasteiger partial charge in [0.15, 0.2) is 0 Å². The number of hydrogen-bond donors (Lipinski definition) is 8. The molecule has 0 aliphatic carbocycles. The van der Waals surface area contributed by atoms with Crippen LogP contribution in [0.2, 0.25) is 0 Å².